The molecule has 0 aliphatic heterocycles. The van der Waals surface area contributed by atoms with E-state index in [0.717, 1.165) is 31.4 Å². The van der Waals surface area contributed by atoms with Crippen molar-refractivity contribution in [3.8, 4) is 0 Å². The predicted molar refractivity (Wildman–Crippen MR) is 56.6 cm³/mol. The lowest BCUT2D eigenvalue weighted by Gasteiger charge is -2.21. The van der Waals surface area contributed by atoms with Gasteiger partial charge in [0.1, 0.15) is 0 Å². The zero-order chi connectivity index (χ0) is 9.68. The van der Waals surface area contributed by atoms with Crippen molar-refractivity contribution in [1.29, 1.82) is 0 Å². The van der Waals surface area contributed by atoms with Crippen molar-refractivity contribution >= 4 is 23.0 Å². The maximum atomic E-state index is 5.26. The zero-order valence-corrected chi connectivity index (χ0v) is 8.56. The van der Waals surface area contributed by atoms with Gasteiger partial charge in [-0.15, -0.1) is 0 Å². The average Bonchev–Trinajstić information content (AvgIpc) is 2.15. The van der Waals surface area contributed by atoms with E-state index in [9.17, 15) is 0 Å². The van der Waals surface area contributed by atoms with E-state index in [0.29, 0.717) is 6.10 Å². The molecule has 0 amide bonds. The summed E-state index contributed by atoms with van der Waals surface area (Å²) < 4.78 is 5.26. The summed E-state index contributed by atoms with van der Waals surface area (Å²) in [5.41, 5.74) is 8.95. The fourth-order valence-corrected chi connectivity index (χ4v) is 1.48. The molecule has 4 nitrogen and oxygen atoms in total. The first-order chi connectivity index (χ1) is 6.22. The molecule has 0 aromatic rings. The normalized spacial score (nSPS) is 25.9. The topological polar surface area (TPSA) is 59.6 Å². The number of thiocarbonyl (C=S) groups is 1. The van der Waals surface area contributed by atoms with E-state index in [-0.39, 0.29) is 5.11 Å². The standard InChI is InChI=1S/C8H15N3OS/c1-12-7-4-2-3-6(5-7)10-11-8(9)13/h7H,2-5H2,1H3,(H3,9,11,13). The molecule has 0 aromatic heterocycles. The molecule has 1 aliphatic rings. The van der Waals surface area contributed by atoms with Crippen LogP contribution in [-0.2, 0) is 4.74 Å². The molecule has 0 saturated heterocycles. The molecular weight excluding hydrogens is 186 g/mol. The lowest BCUT2D eigenvalue weighted by atomic mass is 9.96. The van der Waals surface area contributed by atoms with Crippen molar-refractivity contribution in [1.82, 2.24) is 5.43 Å². The third kappa shape index (κ3) is 3.69. The number of nitrogens with zero attached hydrogens (tertiary/aromatic N) is 1. The van der Waals surface area contributed by atoms with Gasteiger partial charge in [0.25, 0.3) is 0 Å². The summed E-state index contributed by atoms with van der Waals surface area (Å²) in [6.45, 7) is 0. The third-order valence-electron chi connectivity index (χ3n) is 2.11. The van der Waals surface area contributed by atoms with Gasteiger partial charge >= 0.3 is 0 Å². The first kappa shape index (κ1) is 10.4. The van der Waals surface area contributed by atoms with E-state index >= 15 is 0 Å². The molecule has 3 N–H and O–H groups in total. The summed E-state index contributed by atoms with van der Waals surface area (Å²) in [6.07, 6.45) is 4.43. The van der Waals surface area contributed by atoms with E-state index in [1.807, 2.05) is 0 Å². The van der Waals surface area contributed by atoms with Gasteiger partial charge in [-0.3, -0.25) is 5.43 Å². The lowest BCUT2D eigenvalue weighted by Crippen LogP contribution is -2.28. The molecule has 1 atom stereocenters. The van der Waals surface area contributed by atoms with Gasteiger partial charge in [0.2, 0.25) is 0 Å². The molecule has 1 saturated carbocycles. The minimum Gasteiger partial charge on any atom is -0.381 e. The van der Waals surface area contributed by atoms with Crippen molar-refractivity contribution in [2.75, 3.05) is 7.11 Å². The Bertz CT molecular complexity index is 217. The van der Waals surface area contributed by atoms with Gasteiger partial charge in [-0.1, -0.05) is 0 Å². The fraction of sp³-hybridized carbons (Fsp3) is 0.750. The Balaban J connectivity index is 2.41. The van der Waals surface area contributed by atoms with Crippen LogP contribution in [0.15, 0.2) is 5.10 Å². The maximum absolute atomic E-state index is 5.26. The lowest BCUT2D eigenvalue weighted by molar-refractivity contribution is 0.0942. The molecular formula is C8H15N3OS. The number of hydrogen-bond donors (Lipinski definition) is 2. The first-order valence-electron chi connectivity index (χ1n) is 4.36. The highest BCUT2D eigenvalue weighted by molar-refractivity contribution is 7.80. The largest absolute Gasteiger partial charge is 0.381 e. The van der Waals surface area contributed by atoms with Crippen LogP contribution in [0.4, 0.5) is 0 Å². The summed E-state index contributed by atoms with van der Waals surface area (Å²) >= 11 is 4.65. The van der Waals surface area contributed by atoms with E-state index < -0.39 is 0 Å². The number of ether oxygens (including phenoxy) is 1. The Morgan fingerprint density at radius 1 is 1.77 bits per heavy atom. The molecule has 5 heteroatoms. The molecule has 1 aliphatic carbocycles. The Hall–Kier alpha value is -0.680. The van der Waals surface area contributed by atoms with Gasteiger partial charge in [0, 0.05) is 19.2 Å². The second kappa shape index (κ2) is 5.14. The summed E-state index contributed by atoms with van der Waals surface area (Å²) in [7, 11) is 1.73. The van der Waals surface area contributed by atoms with E-state index in [2.05, 4.69) is 22.7 Å². The van der Waals surface area contributed by atoms with E-state index in [1.165, 1.54) is 0 Å². The number of rotatable bonds is 2. The van der Waals surface area contributed by atoms with Crippen molar-refractivity contribution in [3.63, 3.8) is 0 Å². The SMILES string of the molecule is COC1CCCC(=NNC(N)=S)C1. The van der Waals surface area contributed by atoms with Crippen molar-refractivity contribution < 1.29 is 4.74 Å². The summed E-state index contributed by atoms with van der Waals surface area (Å²) in [4.78, 5) is 0. The van der Waals surface area contributed by atoms with Gasteiger partial charge in [-0.2, -0.15) is 5.10 Å². The van der Waals surface area contributed by atoms with E-state index in [1.54, 1.807) is 7.11 Å². The second-order valence-electron chi connectivity index (χ2n) is 3.11. The number of hydrogen-bond acceptors (Lipinski definition) is 3. The van der Waals surface area contributed by atoms with Gasteiger partial charge in [-0.25, -0.2) is 0 Å². The van der Waals surface area contributed by atoms with Gasteiger partial charge in [-0.05, 0) is 31.5 Å². The van der Waals surface area contributed by atoms with Crippen molar-refractivity contribution in [3.05, 3.63) is 0 Å². The highest BCUT2D eigenvalue weighted by Crippen LogP contribution is 2.17. The number of methoxy groups -OCH3 is 1. The highest BCUT2D eigenvalue weighted by atomic mass is 32.1. The Labute approximate surface area is 83.5 Å². The van der Waals surface area contributed by atoms with Gasteiger partial charge < -0.3 is 10.5 Å². The molecule has 0 aromatic carbocycles. The van der Waals surface area contributed by atoms with Crippen molar-refractivity contribution in [2.45, 2.75) is 31.8 Å². The molecule has 74 valence electrons. The Morgan fingerprint density at radius 3 is 3.15 bits per heavy atom. The van der Waals surface area contributed by atoms with Crippen LogP contribution >= 0.6 is 12.2 Å². The second-order valence-corrected chi connectivity index (χ2v) is 3.55. The average molecular weight is 201 g/mol. The molecule has 1 unspecified atom stereocenters. The van der Waals surface area contributed by atoms with Crippen LogP contribution in [-0.4, -0.2) is 24.0 Å². The maximum Gasteiger partial charge on any atom is 0.184 e. The molecule has 1 fully saturated rings. The first-order valence-corrected chi connectivity index (χ1v) is 4.77. The number of nitrogens with one attached hydrogen (secondary N) is 1. The van der Waals surface area contributed by atoms with Crippen LogP contribution in [0.1, 0.15) is 25.7 Å². The zero-order valence-electron chi connectivity index (χ0n) is 7.75. The van der Waals surface area contributed by atoms with E-state index in [4.69, 9.17) is 10.5 Å². The minimum absolute atomic E-state index is 0.215. The Kier molecular flexibility index (Phi) is 4.11. The van der Waals surface area contributed by atoms with Gasteiger partial charge in [0.05, 0.1) is 6.10 Å². The fourth-order valence-electron chi connectivity index (χ4n) is 1.44. The van der Waals surface area contributed by atoms with Crippen molar-refractivity contribution in [2.24, 2.45) is 10.8 Å². The predicted octanol–water partition coefficient (Wildman–Crippen LogP) is 0.765. The summed E-state index contributed by atoms with van der Waals surface area (Å²) in [5.74, 6) is 0. The quantitative estimate of drug-likeness (QED) is 0.511. The smallest absolute Gasteiger partial charge is 0.184 e. The number of hydrazone groups is 1. The molecule has 0 radical (unpaired) electrons. The Morgan fingerprint density at radius 2 is 2.54 bits per heavy atom. The van der Waals surface area contributed by atoms with Gasteiger partial charge in [0.15, 0.2) is 5.11 Å². The van der Waals surface area contributed by atoms with Crippen LogP contribution in [0.25, 0.3) is 0 Å². The van der Waals surface area contributed by atoms with Crippen LogP contribution in [0.2, 0.25) is 0 Å². The summed E-state index contributed by atoms with van der Waals surface area (Å²) in [6, 6.07) is 0. The van der Waals surface area contributed by atoms with Crippen LogP contribution in [0.5, 0.6) is 0 Å². The molecule has 0 bridgehead atoms. The monoisotopic (exact) mass is 201 g/mol. The van der Waals surface area contributed by atoms with Crippen LogP contribution < -0.4 is 11.2 Å². The third-order valence-corrected chi connectivity index (χ3v) is 2.20. The van der Waals surface area contributed by atoms with Crippen LogP contribution in [0, 0.1) is 0 Å². The molecule has 1 rings (SSSR count). The molecule has 0 heterocycles. The minimum atomic E-state index is 0.215. The number of nitrogens with two attached hydrogens (primary N) is 1. The molecule has 13 heavy (non-hydrogen) atoms. The molecule has 0 spiro atoms. The highest BCUT2D eigenvalue weighted by Gasteiger charge is 2.17. The van der Waals surface area contributed by atoms with Crippen LogP contribution in [0.3, 0.4) is 0 Å². The summed E-state index contributed by atoms with van der Waals surface area (Å²) in [5, 5.41) is 4.32.